The summed E-state index contributed by atoms with van der Waals surface area (Å²) in [6.45, 7) is 5.43. The number of halogens is 2. The average molecular weight is 417 g/mol. The van der Waals surface area contributed by atoms with E-state index in [9.17, 15) is 9.18 Å². The summed E-state index contributed by atoms with van der Waals surface area (Å²) in [6, 6.07) is 10.4. The van der Waals surface area contributed by atoms with E-state index < -0.39 is 0 Å². The van der Waals surface area contributed by atoms with Gasteiger partial charge in [0.2, 0.25) is 0 Å². The van der Waals surface area contributed by atoms with Crippen LogP contribution in [-0.4, -0.2) is 40.6 Å². The largest absolute Gasteiger partial charge is 0.372 e. The van der Waals surface area contributed by atoms with E-state index in [4.69, 9.17) is 16.3 Å². The van der Waals surface area contributed by atoms with Crippen molar-refractivity contribution in [3.63, 3.8) is 0 Å². The molecule has 8 heteroatoms. The SMILES string of the molecule is CC1CN(c2ccc(CNC(=O)c3c(Cl)nc4ccccn34)cc2F)CC(C)O1. The number of nitrogens with one attached hydrogen (secondary N) is 1. The summed E-state index contributed by atoms with van der Waals surface area (Å²) in [5, 5.41) is 2.92. The Labute approximate surface area is 173 Å². The fourth-order valence-corrected chi connectivity index (χ4v) is 3.99. The number of benzene rings is 1. The molecule has 152 valence electrons. The van der Waals surface area contributed by atoms with Gasteiger partial charge in [0.25, 0.3) is 5.91 Å². The molecule has 3 aromatic rings. The third-order valence-corrected chi connectivity index (χ3v) is 5.19. The van der Waals surface area contributed by atoms with Gasteiger partial charge in [-0.15, -0.1) is 0 Å². The number of anilines is 1. The van der Waals surface area contributed by atoms with Crippen LogP contribution in [0.1, 0.15) is 29.9 Å². The number of hydrogen-bond acceptors (Lipinski definition) is 4. The molecular formula is C21H22ClFN4O2. The number of ether oxygens (including phenoxy) is 1. The first-order chi connectivity index (χ1) is 13.9. The predicted molar refractivity (Wildman–Crippen MR) is 110 cm³/mol. The zero-order chi connectivity index (χ0) is 20.5. The molecule has 1 saturated heterocycles. The topological polar surface area (TPSA) is 58.9 Å². The molecule has 0 bridgehead atoms. The standard InChI is InChI=1S/C21H22ClFN4O2/c1-13-11-26(12-14(2)29-13)17-7-6-15(9-16(17)23)10-24-21(28)19-20(22)25-18-5-3-4-8-27(18)19/h3-9,13-14H,10-12H2,1-2H3,(H,24,28). The van der Waals surface area contributed by atoms with E-state index in [2.05, 4.69) is 10.3 Å². The molecule has 1 aliphatic rings. The van der Waals surface area contributed by atoms with Crippen LogP contribution in [0.25, 0.3) is 5.65 Å². The number of carbonyl (C=O) groups excluding carboxylic acids is 1. The van der Waals surface area contributed by atoms with Crippen molar-refractivity contribution < 1.29 is 13.9 Å². The second-order valence-corrected chi connectivity index (χ2v) is 7.67. The minimum Gasteiger partial charge on any atom is -0.372 e. The number of fused-ring (bicyclic) bond motifs is 1. The highest BCUT2D eigenvalue weighted by molar-refractivity contribution is 6.32. The van der Waals surface area contributed by atoms with Crippen molar-refractivity contribution in [2.75, 3.05) is 18.0 Å². The van der Waals surface area contributed by atoms with Crippen molar-refractivity contribution in [1.29, 1.82) is 0 Å². The molecule has 2 aromatic heterocycles. The fraction of sp³-hybridized carbons (Fsp3) is 0.333. The van der Waals surface area contributed by atoms with Gasteiger partial charge in [-0.1, -0.05) is 23.7 Å². The van der Waals surface area contributed by atoms with Gasteiger partial charge in [-0.05, 0) is 43.7 Å². The molecule has 1 amide bonds. The monoisotopic (exact) mass is 416 g/mol. The van der Waals surface area contributed by atoms with Gasteiger partial charge >= 0.3 is 0 Å². The molecule has 0 radical (unpaired) electrons. The number of aromatic nitrogens is 2. The van der Waals surface area contributed by atoms with Crippen molar-refractivity contribution in [2.24, 2.45) is 0 Å². The van der Waals surface area contributed by atoms with E-state index in [1.54, 1.807) is 28.8 Å². The number of pyridine rings is 1. The third kappa shape index (κ3) is 4.06. The maximum atomic E-state index is 14.7. The van der Waals surface area contributed by atoms with Crippen LogP contribution in [-0.2, 0) is 11.3 Å². The van der Waals surface area contributed by atoms with E-state index in [-0.39, 0.29) is 41.3 Å². The Kier molecular flexibility index (Phi) is 5.43. The summed E-state index contributed by atoms with van der Waals surface area (Å²) >= 11 is 6.13. The zero-order valence-corrected chi connectivity index (χ0v) is 17.0. The zero-order valence-electron chi connectivity index (χ0n) is 16.2. The predicted octanol–water partition coefficient (Wildman–Crippen LogP) is 3.67. The summed E-state index contributed by atoms with van der Waals surface area (Å²) in [5.74, 6) is -0.681. The van der Waals surface area contributed by atoms with E-state index in [1.807, 2.05) is 30.9 Å². The summed E-state index contributed by atoms with van der Waals surface area (Å²) in [7, 11) is 0. The number of amides is 1. The quantitative estimate of drug-likeness (QED) is 0.705. The molecule has 0 spiro atoms. The lowest BCUT2D eigenvalue weighted by Crippen LogP contribution is -2.45. The van der Waals surface area contributed by atoms with Gasteiger partial charge in [0.15, 0.2) is 10.8 Å². The lowest BCUT2D eigenvalue weighted by molar-refractivity contribution is -0.00539. The van der Waals surface area contributed by atoms with Gasteiger partial charge in [-0.2, -0.15) is 0 Å². The summed E-state index contributed by atoms with van der Waals surface area (Å²) in [5.41, 5.74) is 2.06. The highest BCUT2D eigenvalue weighted by atomic mass is 35.5. The number of hydrogen-bond donors (Lipinski definition) is 1. The van der Waals surface area contributed by atoms with Gasteiger partial charge in [0, 0.05) is 25.8 Å². The highest BCUT2D eigenvalue weighted by Crippen LogP contribution is 2.25. The summed E-state index contributed by atoms with van der Waals surface area (Å²) in [6.07, 6.45) is 1.82. The Morgan fingerprint density at radius 1 is 1.28 bits per heavy atom. The van der Waals surface area contributed by atoms with Crippen LogP contribution in [0.15, 0.2) is 42.6 Å². The minimum absolute atomic E-state index is 0.0485. The maximum absolute atomic E-state index is 14.7. The van der Waals surface area contributed by atoms with Crippen LogP contribution in [0, 0.1) is 5.82 Å². The molecule has 2 unspecified atom stereocenters. The Balaban J connectivity index is 1.47. The molecule has 1 aliphatic heterocycles. The number of imidazole rings is 1. The Bertz CT molecular complexity index is 1040. The first kappa shape index (κ1) is 19.7. The van der Waals surface area contributed by atoms with Gasteiger partial charge in [-0.3, -0.25) is 9.20 Å². The molecule has 0 aliphatic carbocycles. The van der Waals surface area contributed by atoms with Crippen LogP contribution in [0.2, 0.25) is 5.15 Å². The molecule has 0 saturated carbocycles. The molecule has 6 nitrogen and oxygen atoms in total. The van der Waals surface area contributed by atoms with Gasteiger partial charge < -0.3 is 15.0 Å². The fourth-order valence-electron chi connectivity index (χ4n) is 3.73. The third-order valence-electron chi connectivity index (χ3n) is 4.93. The first-order valence-electron chi connectivity index (χ1n) is 9.52. The van der Waals surface area contributed by atoms with E-state index in [1.165, 1.54) is 6.07 Å². The molecule has 2 atom stereocenters. The smallest absolute Gasteiger partial charge is 0.271 e. The average Bonchev–Trinajstić information content (AvgIpc) is 3.01. The van der Waals surface area contributed by atoms with Crippen molar-refractivity contribution >= 4 is 28.8 Å². The van der Waals surface area contributed by atoms with Crippen LogP contribution in [0.4, 0.5) is 10.1 Å². The Morgan fingerprint density at radius 3 is 2.76 bits per heavy atom. The Morgan fingerprint density at radius 2 is 2.03 bits per heavy atom. The van der Waals surface area contributed by atoms with Crippen LogP contribution >= 0.6 is 11.6 Å². The van der Waals surface area contributed by atoms with Crippen molar-refractivity contribution in [3.8, 4) is 0 Å². The summed E-state index contributed by atoms with van der Waals surface area (Å²) in [4.78, 5) is 18.8. The van der Waals surface area contributed by atoms with Gasteiger partial charge in [0.1, 0.15) is 11.5 Å². The van der Waals surface area contributed by atoms with Crippen LogP contribution in [0.5, 0.6) is 0 Å². The molecule has 3 heterocycles. The lowest BCUT2D eigenvalue weighted by Gasteiger charge is -2.37. The number of nitrogens with zero attached hydrogens (tertiary/aromatic N) is 3. The number of rotatable bonds is 4. The highest BCUT2D eigenvalue weighted by Gasteiger charge is 2.24. The van der Waals surface area contributed by atoms with Crippen molar-refractivity contribution in [3.05, 3.63) is 64.8 Å². The molecular weight excluding hydrogens is 395 g/mol. The van der Waals surface area contributed by atoms with E-state index in [0.717, 1.165) is 0 Å². The second-order valence-electron chi connectivity index (χ2n) is 7.31. The Hall–Kier alpha value is -2.64. The number of carbonyl (C=O) groups is 1. The lowest BCUT2D eigenvalue weighted by atomic mass is 10.1. The second kappa shape index (κ2) is 8.00. The molecule has 4 rings (SSSR count). The van der Waals surface area contributed by atoms with Crippen LogP contribution in [0.3, 0.4) is 0 Å². The first-order valence-corrected chi connectivity index (χ1v) is 9.90. The van der Waals surface area contributed by atoms with Gasteiger partial charge in [-0.25, -0.2) is 9.37 Å². The molecule has 1 fully saturated rings. The van der Waals surface area contributed by atoms with Crippen LogP contribution < -0.4 is 10.2 Å². The minimum atomic E-state index is -0.367. The van der Waals surface area contributed by atoms with Gasteiger partial charge in [0.05, 0.1) is 17.9 Å². The molecule has 29 heavy (non-hydrogen) atoms. The number of morpholine rings is 1. The van der Waals surface area contributed by atoms with E-state index in [0.29, 0.717) is 30.0 Å². The summed E-state index contributed by atoms with van der Waals surface area (Å²) < 4.78 is 22.1. The van der Waals surface area contributed by atoms with E-state index >= 15 is 0 Å². The maximum Gasteiger partial charge on any atom is 0.271 e. The van der Waals surface area contributed by atoms with Crippen molar-refractivity contribution in [1.82, 2.24) is 14.7 Å². The van der Waals surface area contributed by atoms with Crippen molar-refractivity contribution in [2.45, 2.75) is 32.6 Å². The molecule has 1 aromatic carbocycles. The molecule has 1 N–H and O–H groups in total. The normalized spacial score (nSPS) is 19.5.